The summed E-state index contributed by atoms with van der Waals surface area (Å²) in [7, 11) is 0. The fourth-order valence-electron chi connectivity index (χ4n) is 4.37. The third kappa shape index (κ3) is 5.94. The van der Waals surface area contributed by atoms with Crippen molar-refractivity contribution in [1.29, 1.82) is 0 Å². The number of ketones is 1. The highest BCUT2D eigenvalue weighted by molar-refractivity contribution is 5.82. The molecule has 2 heterocycles. The van der Waals surface area contributed by atoms with Crippen molar-refractivity contribution in [3.05, 3.63) is 58.2 Å². The second kappa shape index (κ2) is 10.5. The van der Waals surface area contributed by atoms with Gasteiger partial charge in [-0.1, -0.05) is 36.3 Å². The Balaban J connectivity index is 1.63. The number of hydrogen-bond donors (Lipinski definition) is 1. The summed E-state index contributed by atoms with van der Waals surface area (Å²) in [5.41, 5.74) is 2.12. The average molecular weight is 519 g/mol. The summed E-state index contributed by atoms with van der Waals surface area (Å²) in [4.78, 5) is 24.3. The van der Waals surface area contributed by atoms with Crippen LogP contribution in [-0.2, 0) is 21.9 Å². The van der Waals surface area contributed by atoms with Crippen molar-refractivity contribution >= 4 is 11.8 Å². The first kappa shape index (κ1) is 26.6. The Bertz CT molecular complexity index is 1290. The Morgan fingerprint density at radius 1 is 1.16 bits per heavy atom. The number of carboxylic acid groups (broad SMARTS) is 1. The lowest BCUT2D eigenvalue weighted by Gasteiger charge is -2.16. The smallest absolute Gasteiger partial charge is 0.309 e. The van der Waals surface area contributed by atoms with Gasteiger partial charge in [-0.3, -0.25) is 9.59 Å². The van der Waals surface area contributed by atoms with Gasteiger partial charge >= 0.3 is 11.9 Å². The second-order valence-electron chi connectivity index (χ2n) is 10.1. The van der Waals surface area contributed by atoms with Crippen molar-refractivity contribution in [2.75, 3.05) is 0 Å². The van der Waals surface area contributed by atoms with E-state index in [9.17, 15) is 27.9 Å². The lowest BCUT2D eigenvalue weighted by Crippen LogP contribution is -2.19. The predicted octanol–water partition coefficient (Wildman–Crippen LogP) is 6.55. The molecule has 10 heteroatoms. The molecule has 3 aromatic rings. The van der Waals surface area contributed by atoms with Crippen molar-refractivity contribution in [2.45, 2.75) is 77.1 Å². The Kier molecular flexibility index (Phi) is 7.57. The topological polar surface area (TPSA) is 106 Å². The number of nitrogens with zero attached hydrogens (tertiary/aromatic N) is 2. The van der Waals surface area contributed by atoms with Crippen LogP contribution in [0.25, 0.3) is 11.5 Å². The van der Waals surface area contributed by atoms with Gasteiger partial charge in [0.05, 0.1) is 5.69 Å². The Hall–Kier alpha value is -3.43. The van der Waals surface area contributed by atoms with E-state index in [1.54, 1.807) is 19.1 Å². The van der Waals surface area contributed by atoms with E-state index in [1.165, 1.54) is 19.9 Å². The summed E-state index contributed by atoms with van der Waals surface area (Å²) in [6, 6.07) is 5.77. The number of carbonyl (C=O) groups excluding carboxylic acids is 1. The van der Waals surface area contributed by atoms with Crippen LogP contribution in [0.4, 0.5) is 13.2 Å². The number of carbonyl (C=O) groups is 2. The van der Waals surface area contributed by atoms with Gasteiger partial charge < -0.3 is 14.2 Å². The van der Waals surface area contributed by atoms with Crippen LogP contribution in [-0.4, -0.2) is 27.2 Å². The number of aromatic nitrogens is 2. The van der Waals surface area contributed by atoms with Crippen molar-refractivity contribution in [3.8, 4) is 11.5 Å². The lowest BCUT2D eigenvalue weighted by molar-refractivity contribution is -0.137. The maximum Gasteiger partial charge on any atom is 0.309 e. The molecule has 0 spiro atoms. The molecule has 1 aromatic carbocycles. The van der Waals surface area contributed by atoms with Crippen molar-refractivity contribution in [1.82, 2.24) is 10.3 Å². The van der Waals surface area contributed by atoms with E-state index >= 15 is 0 Å². The SMILES string of the molecule is Cc1ccc(CC(=O)C[C@@H](CCC(=O)O)c2noc(-c3cc(C(F)(F)C(C)C)on3)c2C2CC2)c(F)c1. The first-order valence-electron chi connectivity index (χ1n) is 12.3. The van der Waals surface area contributed by atoms with Gasteiger partial charge in [0.1, 0.15) is 11.6 Å². The average Bonchev–Trinajstić information content (AvgIpc) is 3.36. The summed E-state index contributed by atoms with van der Waals surface area (Å²) in [5.74, 6) is -6.99. The molecule has 7 nitrogen and oxygen atoms in total. The molecule has 1 fully saturated rings. The van der Waals surface area contributed by atoms with Crippen LogP contribution in [0.1, 0.15) is 85.9 Å². The molecule has 4 rings (SSSR count). The molecule has 0 radical (unpaired) electrons. The van der Waals surface area contributed by atoms with Crippen LogP contribution in [0.15, 0.2) is 33.3 Å². The highest BCUT2D eigenvalue weighted by Gasteiger charge is 2.42. The van der Waals surface area contributed by atoms with E-state index in [4.69, 9.17) is 9.05 Å². The number of halogens is 3. The van der Waals surface area contributed by atoms with Crippen LogP contribution in [0.3, 0.4) is 0 Å². The molecule has 0 amide bonds. The maximum atomic E-state index is 14.5. The molecule has 1 saturated carbocycles. The van der Waals surface area contributed by atoms with E-state index < -0.39 is 35.3 Å². The Morgan fingerprint density at radius 3 is 2.51 bits per heavy atom. The minimum atomic E-state index is -3.23. The van der Waals surface area contributed by atoms with Crippen LogP contribution in [0.2, 0.25) is 0 Å². The monoisotopic (exact) mass is 518 g/mol. The Labute approximate surface area is 212 Å². The number of carboxylic acids is 1. The Morgan fingerprint density at radius 2 is 1.89 bits per heavy atom. The van der Waals surface area contributed by atoms with E-state index in [0.717, 1.165) is 24.5 Å². The number of alkyl halides is 2. The first-order valence-corrected chi connectivity index (χ1v) is 12.3. The van der Waals surface area contributed by atoms with Crippen molar-refractivity contribution in [2.24, 2.45) is 5.92 Å². The van der Waals surface area contributed by atoms with Crippen LogP contribution in [0.5, 0.6) is 0 Å². The van der Waals surface area contributed by atoms with E-state index in [2.05, 4.69) is 10.3 Å². The summed E-state index contributed by atoms with van der Waals surface area (Å²) in [5, 5.41) is 17.2. The standard InChI is InChI=1S/C27H29F3N2O5/c1-14(2)27(29,30)22-13-21(31-36-22)26-24(16-6-7-16)25(32-37-26)18(8-9-23(34)35)12-19(33)11-17-5-4-15(3)10-20(17)28/h4-5,10,13-14,16,18H,6-9,11-12H2,1-3H3,(H,34,35)/t18-/m1/s1. The van der Waals surface area contributed by atoms with Gasteiger partial charge in [0.25, 0.3) is 0 Å². The summed E-state index contributed by atoms with van der Waals surface area (Å²) >= 11 is 0. The molecule has 0 aliphatic heterocycles. The van der Waals surface area contributed by atoms with E-state index in [0.29, 0.717) is 11.3 Å². The fraction of sp³-hybridized carbons (Fsp3) is 0.481. The number of aliphatic carboxylic acids is 1. The molecule has 1 N–H and O–H groups in total. The zero-order valence-electron chi connectivity index (χ0n) is 20.9. The van der Waals surface area contributed by atoms with Gasteiger partial charge in [-0.05, 0) is 49.3 Å². The van der Waals surface area contributed by atoms with Crippen molar-refractivity contribution in [3.63, 3.8) is 0 Å². The van der Waals surface area contributed by atoms with Gasteiger partial charge in [-0.25, -0.2) is 4.39 Å². The number of benzene rings is 1. The minimum Gasteiger partial charge on any atom is -0.481 e. The molecule has 198 valence electrons. The van der Waals surface area contributed by atoms with Gasteiger partial charge in [-0.15, -0.1) is 0 Å². The summed E-state index contributed by atoms with van der Waals surface area (Å²) in [6.07, 6.45) is 1.30. The second-order valence-corrected chi connectivity index (χ2v) is 10.1. The number of aryl methyl sites for hydroxylation is 1. The highest BCUT2D eigenvalue weighted by atomic mass is 19.3. The minimum absolute atomic E-state index is 0.0268. The van der Waals surface area contributed by atoms with Gasteiger partial charge in [0, 0.05) is 42.7 Å². The van der Waals surface area contributed by atoms with E-state index in [1.807, 2.05) is 0 Å². The van der Waals surface area contributed by atoms with Gasteiger partial charge in [-0.2, -0.15) is 8.78 Å². The summed E-state index contributed by atoms with van der Waals surface area (Å²) in [6.45, 7) is 4.49. The molecule has 0 unspecified atom stereocenters. The molecule has 0 bridgehead atoms. The molecular formula is C27H29F3N2O5. The van der Waals surface area contributed by atoms with Crippen LogP contribution >= 0.6 is 0 Å². The number of hydrogen-bond acceptors (Lipinski definition) is 6. The molecule has 1 aliphatic rings. The predicted molar refractivity (Wildman–Crippen MR) is 127 cm³/mol. The first-order chi connectivity index (χ1) is 17.5. The van der Waals surface area contributed by atoms with E-state index in [-0.39, 0.29) is 54.4 Å². The zero-order valence-corrected chi connectivity index (χ0v) is 20.9. The highest BCUT2D eigenvalue weighted by Crippen LogP contribution is 2.49. The molecule has 0 saturated heterocycles. The molecule has 1 aliphatic carbocycles. The number of Topliss-reactive ketones (excluding diaryl/α,β-unsaturated/α-hetero) is 1. The van der Waals surface area contributed by atoms with Crippen molar-refractivity contribution < 1.29 is 36.9 Å². The lowest BCUT2D eigenvalue weighted by atomic mass is 9.87. The third-order valence-electron chi connectivity index (χ3n) is 6.70. The molecule has 2 aromatic heterocycles. The zero-order chi connectivity index (χ0) is 26.9. The molecule has 1 atom stereocenters. The summed E-state index contributed by atoms with van der Waals surface area (Å²) < 4.78 is 53.7. The fourth-order valence-corrected chi connectivity index (χ4v) is 4.37. The molecule has 37 heavy (non-hydrogen) atoms. The molecular weight excluding hydrogens is 489 g/mol. The maximum absolute atomic E-state index is 14.5. The largest absolute Gasteiger partial charge is 0.481 e. The third-order valence-corrected chi connectivity index (χ3v) is 6.70. The van der Waals surface area contributed by atoms with Crippen LogP contribution in [0, 0.1) is 18.7 Å². The normalized spacial score (nSPS) is 14.8. The van der Waals surface area contributed by atoms with Crippen LogP contribution < -0.4 is 0 Å². The van der Waals surface area contributed by atoms with Gasteiger partial charge in [0.2, 0.25) is 5.76 Å². The number of rotatable bonds is 12. The van der Waals surface area contributed by atoms with Gasteiger partial charge in [0.15, 0.2) is 11.5 Å². The quantitative estimate of drug-likeness (QED) is 0.290.